The Bertz CT molecular complexity index is 312. The summed E-state index contributed by atoms with van der Waals surface area (Å²) in [6.45, 7) is 9.58. The molecule has 0 aliphatic heterocycles. The molecule has 0 spiro atoms. The fraction of sp³-hybridized carbons (Fsp3) is 0.667. The number of nitrogens with zero attached hydrogens (tertiary/aromatic N) is 2. The van der Waals surface area contributed by atoms with E-state index in [1.165, 1.54) is 5.56 Å². The van der Waals surface area contributed by atoms with Crippen molar-refractivity contribution in [1.82, 2.24) is 9.88 Å². The molecule has 3 heteroatoms. The molecule has 18 heavy (non-hydrogen) atoms. The smallest absolute Gasteiger partial charge is 0.0326 e. The lowest BCUT2D eigenvalue weighted by atomic mass is 9.90. The number of hydrogen-bond acceptors (Lipinski definition) is 3. The number of rotatable bonds is 8. The molecule has 2 N–H and O–H groups in total. The zero-order valence-corrected chi connectivity index (χ0v) is 12.0. The molecule has 0 saturated heterocycles. The van der Waals surface area contributed by atoms with Crippen molar-refractivity contribution in [3.8, 4) is 0 Å². The summed E-state index contributed by atoms with van der Waals surface area (Å²) in [4.78, 5) is 6.59. The van der Waals surface area contributed by atoms with E-state index in [1.54, 1.807) is 0 Å². The van der Waals surface area contributed by atoms with Crippen LogP contribution in [0.3, 0.4) is 0 Å². The Morgan fingerprint density at radius 2 is 1.78 bits per heavy atom. The summed E-state index contributed by atoms with van der Waals surface area (Å²) < 4.78 is 0. The van der Waals surface area contributed by atoms with E-state index in [2.05, 4.69) is 42.8 Å². The fourth-order valence-electron chi connectivity index (χ4n) is 2.66. The monoisotopic (exact) mass is 249 g/mol. The zero-order chi connectivity index (χ0) is 13.4. The van der Waals surface area contributed by atoms with Crippen LogP contribution < -0.4 is 5.73 Å². The molecule has 1 aromatic heterocycles. The van der Waals surface area contributed by atoms with Crippen LogP contribution in [0.5, 0.6) is 0 Å². The van der Waals surface area contributed by atoms with Crippen molar-refractivity contribution in [3.63, 3.8) is 0 Å². The Labute approximate surface area is 111 Å². The van der Waals surface area contributed by atoms with Gasteiger partial charge in [-0.3, -0.25) is 9.88 Å². The Balaban J connectivity index is 2.66. The number of nitrogens with two attached hydrogens (primary N) is 1. The SMILES string of the molecule is CCN(CCc1ccncc1)C(CC)(CC)CN. The van der Waals surface area contributed by atoms with E-state index in [4.69, 9.17) is 5.73 Å². The highest BCUT2D eigenvalue weighted by Crippen LogP contribution is 2.23. The first-order chi connectivity index (χ1) is 8.72. The third-order valence-corrected chi connectivity index (χ3v) is 4.17. The second-order valence-electron chi connectivity index (χ2n) is 4.82. The molecule has 0 aromatic carbocycles. The van der Waals surface area contributed by atoms with Crippen molar-refractivity contribution in [2.45, 2.75) is 45.6 Å². The molecule has 0 fully saturated rings. The van der Waals surface area contributed by atoms with Crippen LogP contribution in [-0.2, 0) is 6.42 Å². The van der Waals surface area contributed by atoms with Crippen LogP contribution in [0.15, 0.2) is 24.5 Å². The minimum atomic E-state index is 0.168. The molecule has 0 saturated carbocycles. The topological polar surface area (TPSA) is 42.2 Å². The summed E-state index contributed by atoms with van der Waals surface area (Å²) in [5.74, 6) is 0. The van der Waals surface area contributed by atoms with Crippen molar-refractivity contribution in [2.24, 2.45) is 5.73 Å². The molecule has 1 aromatic rings. The Morgan fingerprint density at radius 3 is 2.22 bits per heavy atom. The van der Waals surface area contributed by atoms with Crippen molar-refractivity contribution < 1.29 is 0 Å². The minimum absolute atomic E-state index is 0.168. The van der Waals surface area contributed by atoms with E-state index in [0.29, 0.717) is 0 Å². The molecule has 1 heterocycles. The van der Waals surface area contributed by atoms with E-state index in [9.17, 15) is 0 Å². The zero-order valence-electron chi connectivity index (χ0n) is 12.0. The number of pyridine rings is 1. The molecular weight excluding hydrogens is 222 g/mol. The van der Waals surface area contributed by atoms with Gasteiger partial charge in [0.05, 0.1) is 0 Å². The van der Waals surface area contributed by atoms with Gasteiger partial charge in [-0.1, -0.05) is 20.8 Å². The molecule has 0 aliphatic carbocycles. The van der Waals surface area contributed by atoms with Crippen LogP contribution in [0.2, 0.25) is 0 Å². The summed E-state index contributed by atoms with van der Waals surface area (Å²) in [7, 11) is 0. The molecule has 102 valence electrons. The molecule has 0 bridgehead atoms. The van der Waals surface area contributed by atoms with Gasteiger partial charge < -0.3 is 5.73 Å². The first-order valence-electron chi connectivity index (χ1n) is 7.06. The predicted octanol–water partition coefficient (Wildman–Crippen LogP) is 2.46. The van der Waals surface area contributed by atoms with E-state index in [-0.39, 0.29) is 5.54 Å². The van der Waals surface area contributed by atoms with Gasteiger partial charge in [0.2, 0.25) is 0 Å². The Morgan fingerprint density at radius 1 is 1.17 bits per heavy atom. The first-order valence-corrected chi connectivity index (χ1v) is 7.06. The van der Waals surface area contributed by atoms with Gasteiger partial charge in [-0.05, 0) is 43.5 Å². The lowest BCUT2D eigenvalue weighted by Crippen LogP contribution is -2.53. The maximum Gasteiger partial charge on any atom is 0.0326 e. The Hall–Kier alpha value is -0.930. The van der Waals surface area contributed by atoms with Gasteiger partial charge in [0.15, 0.2) is 0 Å². The van der Waals surface area contributed by atoms with Crippen molar-refractivity contribution in [1.29, 1.82) is 0 Å². The second-order valence-corrected chi connectivity index (χ2v) is 4.82. The summed E-state index contributed by atoms with van der Waals surface area (Å²) >= 11 is 0. The number of aromatic nitrogens is 1. The van der Waals surface area contributed by atoms with E-state index in [1.807, 2.05) is 12.4 Å². The van der Waals surface area contributed by atoms with Gasteiger partial charge >= 0.3 is 0 Å². The van der Waals surface area contributed by atoms with Crippen molar-refractivity contribution >= 4 is 0 Å². The predicted molar refractivity (Wildman–Crippen MR) is 77.6 cm³/mol. The van der Waals surface area contributed by atoms with Gasteiger partial charge in [-0.25, -0.2) is 0 Å². The van der Waals surface area contributed by atoms with Crippen LogP contribution in [-0.4, -0.2) is 35.1 Å². The van der Waals surface area contributed by atoms with Crippen LogP contribution in [0.4, 0.5) is 0 Å². The maximum absolute atomic E-state index is 6.02. The average Bonchev–Trinajstić information content (AvgIpc) is 2.45. The fourth-order valence-corrected chi connectivity index (χ4v) is 2.66. The molecule has 0 amide bonds. The molecule has 0 atom stereocenters. The van der Waals surface area contributed by atoms with Crippen LogP contribution in [0.1, 0.15) is 39.2 Å². The molecular formula is C15H27N3. The highest BCUT2D eigenvalue weighted by atomic mass is 15.2. The van der Waals surface area contributed by atoms with Crippen LogP contribution >= 0.6 is 0 Å². The second kappa shape index (κ2) is 7.49. The summed E-state index contributed by atoms with van der Waals surface area (Å²) in [5, 5.41) is 0. The lowest BCUT2D eigenvalue weighted by Gasteiger charge is -2.42. The molecule has 0 aliphatic rings. The molecule has 0 unspecified atom stereocenters. The highest BCUT2D eigenvalue weighted by molar-refractivity contribution is 5.10. The average molecular weight is 249 g/mol. The standard InChI is InChI=1S/C15H27N3/c1-4-15(5-2,13-16)18(6-3)12-9-14-7-10-17-11-8-14/h7-8,10-11H,4-6,9,12-13,16H2,1-3H3. The van der Waals surface area contributed by atoms with Gasteiger partial charge in [0, 0.05) is 31.0 Å². The molecule has 1 rings (SSSR count). The maximum atomic E-state index is 6.02. The van der Waals surface area contributed by atoms with Crippen molar-refractivity contribution in [2.75, 3.05) is 19.6 Å². The van der Waals surface area contributed by atoms with E-state index < -0.39 is 0 Å². The summed E-state index contributed by atoms with van der Waals surface area (Å²) in [6.07, 6.45) is 7.02. The summed E-state index contributed by atoms with van der Waals surface area (Å²) in [6, 6.07) is 4.19. The quantitative estimate of drug-likeness (QED) is 0.769. The third kappa shape index (κ3) is 3.53. The third-order valence-electron chi connectivity index (χ3n) is 4.17. The highest BCUT2D eigenvalue weighted by Gasteiger charge is 2.30. The van der Waals surface area contributed by atoms with Gasteiger partial charge in [-0.15, -0.1) is 0 Å². The van der Waals surface area contributed by atoms with Crippen molar-refractivity contribution in [3.05, 3.63) is 30.1 Å². The van der Waals surface area contributed by atoms with E-state index >= 15 is 0 Å². The normalized spacial score (nSPS) is 12.1. The number of likely N-dealkylation sites (N-methyl/N-ethyl adjacent to an activating group) is 1. The van der Waals surface area contributed by atoms with Gasteiger partial charge in [0.1, 0.15) is 0 Å². The van der Waals surface area contributed by atoms with E-state index in [0.717, 1.165) is 38.9 Å². The van der Waals surface area contributed by atoms with Gasteiger partial charge in [-0.2, -0.15) is 0 Å². The number of hydrogen-bond donors (Lipinski definition) is 1. The molecule has 3 nitrogen and oxygen atoms in total. The van der Waals surface area contributed by atoms with Gasteiger partial charge in [0.25, 0.3) is 0 Å². The minimum Gasteiger partial charge on any atom is -0.329 e. The summed E-state index contributed by atoms with van der Waals surface area (Å²) in [5.41, 5.74) is 7.54. The Kier molecular flexibility index (Phi) is 6.30. The molecule has 0 radical (unpaired) electrons. The van der Waals surface area contributed by atoms with Crippen LogP contribution in [0, 0.1) is 0 Å². The lowest BCUT2D eigenvalue weighted by molar-refractivity contribution is 0.0921. The first kappa shape index (κ1) is 15.1. The largest absolute Gasteiger partial charge is 0.329 e. The van der Waals surface area contributed by atoms with Crippen LogP contribution in [0.25, 0.3) is 0 Å².